The van der Waals surface area contributed by atoms with Crippen molar-refractivity contribution in [3.8, 4) is 5.69 Å². The molecule has 0 spiro atoms. The van der Waals surface area contributed by atoms with Crippen molar-refractivity contribution >= 4 is 23.6 Å². The Morgan fingerprint density at radius 1 is 1.12 bits per heavy atom. The molecule has 0 saturated carbocycles. The average molecular weight is 484 g/mol. The highest BCUT2D eigenvalue weighted by Crippen LogP contribution is 2.25. The van der Waals surface area contributed by atoms with Gasteiger partial charge in [0.15, 0.2) is 0 Å². The molecule has 2 aromatic carbocycles. The lowest BCUT2D eigenvalue weighted by Crippen LogP contribution is -2.13. The highest BCUT2D eigenvalue weighted by atomic mass is 32.2. The minimum absolute atomic E-state index is 0.0932. The molecule has 12 heteroatoms. The van der Waals surface area contributed by atoms with Gasteiger partial charge in [0, 0.05) is 5.56 Å². The quantitative estimate of drug-likeness (QED) is 0.382. The topological polar surface area (TPSA) is 111 Å². The van der Waals surface area contributed by atoms with E-state index >= 15 is 0 Å². The van der Waals surface area contributed by atoms with Crippen LogP contribution in [0.4, 0.5) is 17.6 Å². The Hall–Kier alpha value is -3.41. The number of nitrogens with zero attached hydrogens (tertiary/aromatic N) is 3. The Morgan fingerprint density at radius 3 is 2.27 bits per heavy atom. The lowest BCUT2D eigenvalue weighted by Gasteiger charge is -2.08. The van der Waals surface area contributed by atoms with E-state index in [1.54, 1.807) is 18.2 Å². The number of carboxylic acids is 1. The smallest absolute Gasteiger partial charge is 0.336 e. The van der Waals surface area contributed by atoms with Gasteiger partial charge in [0.25, 0.3) is 5.76 Å². The number of carbonyl (C=O) groups is 2. The Morgan fingerprint density at radius 2 is 1.76 bits per heavy atom. The summed E-state index contributed by atoms with van der Waals surface area (Å²) >= 11 is 0.132. The summed E-state index contributed by atoms with van der Waals surface area (Å²) in [6.45, 7) is 4.30. The number of hydrogen-bond acceptors (Lipinski definition) is 5. The Balaban J connectivity index is 0.000000273. The van der Waals surface area contributed by atoms with E-state index in [9.17, 15) is 27.2 Å². The third-order valence-electron chi connectivity index (χ3n) is 4.35. The van der Waals surface area contributed by atoms with Gasteiger partial charge in [0.1, 0.15) is 23.5 Å². The van der Waals surface area contributed by atoms with Crippen LogP contribution >= 0.6 is 11.8 Å². The Bertz CT molecular complexity index is 1170. The highest BCUT2D eigenvalue weighted by molar-refractivity contribution is 7.99. The van der Waals surface area contributed by atoms with Gasteiger partial charge in [-0.3, -0.25) is 4.79 Å². The zero-order chi connectivity index (χ0) is 24.9. The van der Waals surface area contributed by atoms with E-state index < -0.39 is 29.6 Å². The monoisotopic (exact) mass is 484 g/mol. The first-order valence-corrected chi connectivity index (χ1v) is 10.2. The Labute approximate surface area is 190 Å². The van der Waals surface area contributed by atoms with Crippen LogP contribution in [-0.4, -0.2) is 37.5 Å². The molecule has 3 rings (SSSR count). The minimum atomic E-state index is -2.70. The molecule has 1 atom stereocenters. The largest absolute Gasteiger partial charge is 0.478 e. The third-order valence-corrected chi connectivity index (χ3v) is 4.91. The van der Waals surface area contributed by atoms with E-state index in [-0.39, 0.29) is 45.1 Å². The van der Waals surface area contributed by atoms with Crippen molar-refractivity contribution in [2.24, 2.45) is 5.73 Å². The summed E-state index contributed by atoms with van der Waals surface area (Å²) in [6, 6.07) is 8.58. The van der Waals surface area contributed by atoms with Crippen LogP contribution in [0.1, 0.15) is 50.8 Å². The molecule has 0 saturated heterocycles. The summed E-state index contributed by atoms with van der Waals surface area (Å²) in [4.78, 5) is 25.6. The third kappa shape index (κ3) is 6.54. The molecule has 0 radical (unpaired) electrons. The van der Waals surface area contributed by atoms with Gasteiger partial charge >= 0.3 is 5.97 Å². The van der Waals surface area contributed by atoms with E-state index in [0.717, 1.165) is 16.8 Å². The molecule has 0 aliphatic heterocycles. The molecule has 7 nitrogen and oxygen atoms in total. The van der Waals surface area contributed by atoms with Crippen molar-refractivity contribution in [2.75, 3.05) is 0 Å². The molecule has 0 aliphatic rings. The van der Waals surface area contributed by atoms with E-state index in [1.165, 1.54) is 26.8 Å². The van der Waals surface area contributed by atoms with Crippen LogP contribution in [0.5, 0.6) is 0 Å². The van der Waals surface area contributed by atoms with Crippen molar-refractivity contribution < 1.29 is 32.3 Å². The summed E-state index contributed by atoms with van der Waals surface area (Å²) < 4.78 is 52.4. The fraction of sp³-hybridized carbons (Fsp3) is 0.238. The number of benzene rings is 2. The van der Waals surface area contributed by atoms with Gasteiger partial charge in [0.2, 0.25) is 11.1 Å². The van der Waals surface area contributed by atoms with Gasteiger partial charge < -0.3 is 10.8 Å². The van der Waals surface area contributed by atoms with E-state index in [0.29, 0.717) is 5.56 Å². The molecule has 0 bridgehead atoms. The molecule has 176 valence electrons. The first-order chi connectivity index (χ1) is 15.4. The summed E-state index contributed by atoms with van der Waals surface area (Å²) in [6.07, 6.45) is -1.16. The summed E-state index contributed by atoms with van der Waals surface area (Å²) in [5, 5.41) is 12.6. The fourth-order valence-corrected chi connectivity index (χ4v) is 3.32. The summed E-state index contributed by atoms with van der Waals surface area (Å²) in [7, 11) is 0. The number of amides is 1. The number of aromatic carboxylic acids is 1. The van der Waals surface area contributed by atoms with Crippen molar-refractivity contribution in [2.45, 2.75) is 37.9 Å². The number of primary amides is 1. The van der Waals surface area contributed by atoms with Crippen molar-refractivity contribution in [1.82, 2.24) is 14.8 Å². The molecule has 1 heterocycles. The maximum atomic E-state index is 14.0. The van der Waals surface area contributed by atoms with Gasteiger partial charge in [-0.1, -0.05) is 18.2 Å². The Kier molecular flexibility index (Phi) is 8.57. The first kappa shape index (κ1) is 25.8. The molecule has 1 amide bonds. The molecular weight excluding hydrogens is 464 g/mol. The van der Waals surface area contributed by atoms with Crippen LogP contribution in [-0.2, 0) is 0 Å². The first-order valence-electron chi connectivity index (χ1n) is 9.37. The van der Waals surface area contributed by atoms with E-state index in [4.69, 9.17) is 10.8 Å². The zero-order valence-electron chi connectivity index (χ0n) is 17.7. The maximum absolute atomic E-state index is 14.0. The number of rotatable bonds is 6. The fourth-order valence-electron chi connectivity index (χ4n) is 2.85. The summed E-state index contributed by atoms with van der Waals surface area (Å²) in [5.41, 5.74) is 5.67. The molecule has 0 fully saturated rings. The van der Waals surface area contributed by atoms with Crippen LogP contribution in [0, 0.1) is 19.7 Å². The van der Waals surface area contributed by atoms with Crippen LogP contribution in [0.15, 0.2) is 41.6 Å². The lowest BCUT2D eigenvalue weighted by atomic mass is 10.0. The van der Waals surface area contributed by atoms with Crippen LogP contribution in [0.3, 0.4) is 0 Å². The number of aromatic nitrogens is 3. The predicted octanol–water partition coefficient (Wildman–Crippen LogP) is 4.85. The van der Waals surface area contributed by atoms with Crippen LogP contribution in [0.25, 0.3) is 5.69 Å². The highest BCUT2D eigenvalue weighted by Gasteiger charge is 2.19. The number of hydrogen-bond donors (Lipinski definition) is 2. The second-order valence-electron chi connectivity index (χ2n) is 6.72. The zero-order valence-corrected chi connectivity index (χ0v) is 18.5. The van der Waals surface area contributed by atoms with E-state index in [2.05, 4.69) is 10.1 Å². The molecule has 3 N–H and O–H groups in total. The van der Waals surface area contributed by atoms with Gasteiger partial charge in [-0.25, -0.2) is 23.2 Å². The standard InChI is InChI=1S/C12H10F3N3O2S.C9H10FNO/c1-5-3-8(13)9(4-7(5)10(19)20)18-6(2)16-12(17-18)21-11(14)15;1-6(10)7-4-2-3-5-8(7)9(11)12/h3-4,11H,1-2H3,(H,19,20);2-6H,1H3,(H2,11,12). The van der Waals surface area contributed by atoms with Gasteiger partial charge in [-0.05, 0) is 61.9 Å². The van der Waals surface area contributed by atoms with Gasteiger partial charge in [-0.15, -0.1) is 5.10 Å². The number of thioether (sulfide) groups is 1. The molecule has 3 aromatic rings. The predicted molar refractivity (Wildman–Crippen MR) is 114 cm³/mol. The molecule has 1 unspecified atom stereocenters. The van der Waals surface area contributed by atoms with Gasteiger partial charge in [-0.2, -0.15) is 8.78 Å². The normalized spacial score (nSPS) is 11.6. The molecule has 1 aromatic heterocycles. The average Bonchev–Trinajstić information content (AvgIpc) is 3.07. The van der Waals surface area contributed by atoms with Crippen LogP contribution < -0.4 is 5.73 Å². The number of carboxylic acid groups (broad SMARTS) is 1. The molecule has 0 aliphatic carbocycles. The second kappa shape index (κ2) is 10.9. The number of alkyl halides is 3. The number of nitrogens with two attached hydrogens (primary N) is 1. The van der Waals surface area contributed by atoms with Gasteiger partial charge in [0.05, 0.1) is 5.56 Å². The van der Waals surface area contributed by atoms with Crippen molar-refractivity contribution in [3.63, 3.8) is 0 Å². The lowest BCUT2D eigenvalue weighted by molar-refractivity contribution is 0.0695. The maximum Gasteiger partial charge on any atom is 0.336 e. The molecular formula is C21H20F4N4O3S. The van der Waals surface area contributed by atoms with E-state index in [1.807, 2.05) is 0 Å². The SMILES string of the molecule is CC(F)c1ccccc1C(N)=O.Cc1cc(F)c(-n2nc(SC(F)F)nc2C)cc1C(=O)O. The van der Waals surface area contributed by atoms with Crippen molar-refractivity contribution in [3.05, 3.63) is 70.3 Å². The number of aryl methyl sites for hydroxylation is 2. The minimum Gasteiger partial charge on any atom is -0.478 e. The van der Waals surface area contributed by atoms with Crippen LogP contribution in [0.2, 0.25) is 0 Å². The number of halogens is 4. The second-order valence-corrected chi connectivity index (χ2v) is 7.68. The molecule has 33 heavy (non-hydrogen) atoms. The summed E-state index contributed by atoms with van der Waals surface area (Å²) in [5.74, 6) is -5.03. The van der Waals surface area contributed by atoms with Crippen molar-refractivity contribution in [1.29, 1.82) is 0 Å². The number of carbonyl (C=O) groups excluding carboxylic acids is 1.